The van der Waals surface area contributed by atoms with Crippen LogP contribution in [0.15, 0.2) is 106 Å². The third-order valence-electron chi connectivity index (χ3n) is 10.2. The fourth-order valence-electron chi connectivity index (χ4n) is 7.19. The quantitative estimate of drug-likeness (QED) is 0.199. The Bertz CT molecular complexity index is 1740. The summed E-state index contributed by atoms with van der Waals surface area (Å²) in [6.45, 7) is 23.4. The van der Waals surface area contributed by atoms with Gasteiger partial charge in [0.25, 0.3) is 0 Å². The fourth-order valence-corrected chi connectivity index (χ4v) is 20.3. The van der Waals surface area contributed by atoms with Gasteiger partial charge in [-0.05, 0) is 0 Å². The van der Waals surface area contributed by atoms with Gasteiger partial charge in [-0.2, -0.15) is 0 Å². The van der Waals surface area contributed by atoms with E-state index in [4.69, 9.17) is 0 Å². The standard InChI is InChI=1S/C21H25.C19H22.C5H5.2ClH.Hf/c1-20(2,3)16-7-9-18-14(12-16)11-15-13-17(21(4,5)6)8-10-19(15)18;1-14(2)18-9-5-16(6-10-18)13-17-7-11-19(12-8-17)15(3)4;1-2-4-5-3-1;;;/h7-13H,1-6H3;5-12,14-15H,1-4H3;1-3H,4H2;2*1H;/q;;;;;+2/p-2. The van der Waals surface area contributed by atoms with Crippen LogP contribution < -0.4 is 24.8 Å². The first-order chi connectivity index (χ1) is 21.7. The Balaban J connectivity index is 0.00000260. The van der Waals surface area contributed by atoms with Crippen LogP contribution in [0.4, 0.5) is 0 Å². The number of hydrogen-bond donors (Lipinski definition) is 0. The molecule has 0 spiro atoms. The molecule has 0 aromatic heterocycles. The van der Waals surface area contributed by atoms with Crippen LogP contribution in [0.1, 0.15) is 136 Å². The summed E-state index contributed by atoms with van der Waals surface area (Å²) in [4.78, 5) is 0. The molecule has 0 unspecified atom stereocenters. The van der Waals surface area contributed by atoms with Crippen molar-refractivity contribution in [3.63, 3.8) is 0 Å². The van der Waals surface area contributed by atoms with Crippen molar-refractivity contribution < 1.29 is 45.8 Å². The molecule has 2 aliphatic carbocycles. The number of benzene rings is 4. The Morgan fingerprint density at radius 2 is 1.02 bits per heavy atom. The summed E-state index contributed by atoms with van der Waals surface area (Å²) in [7, 11) is 0. The summed E-state index contributed by atoms with van der Waals surface area (Å²) >= 11 is -3.01. The summed E-state index contributed by atoms with van der Waals surface area (Å²) in [6.07, 6.45) is 8.31. The van der Waals surface area contributed by atoms with Crippen LogP contribution in [0.25, 0.3) is 11.1 Å². The normalized spacial score (nSPS) is 13.8. The third-order valence-corrected chi connectivity index (χ3v) is 22.3. The van der Waals surface area contributed by atoms with E-state index in [1.54, 1.807) is 17.7 Å². The van der Waals surface area contributed by atoms with Crippen molar-refractivity contribution in [3.05, 3.63) is 151 Å². The van der Waals surface area contributed by atoms with Crippen molar-refractivity contribution in [2.24, 2.45) is 0 Å². The van der Waals surface area contributed by atoms with Gasteiger partial charge in [-0.15, -0.1) is 0 Å². The Labute approximate surface area is 311 Å². The van der Waals surface area contributed by atoms with Crippen LogP contribution in [0.5, 0.6) is 0 Å². The van der Waals surface area contributed by atoms with E-state index in [1.807, 2.05) is 0 Å². The zero-order valence-electron chi connectivity index (χ0n) is 30.5. The first-order valence-corrected chi connectivity index (χ1v) is 23.0. The first-order valence-electron chi connectivity index (χ1n) is 17.3. The molecule has 0 amide bonds. The van der Waals surface area contributed by atoms with Gasteiger partial charge in [-0.1, -0.05) is 0 Å². The van der Waals surface area contributed by atoms with E-state index in [0.29, 0.717) is 15.5 Å². The Morgan fingerprint density at radius 1 is 0.604 bits per heavy atom. The SMILES string of the molecule is CC(C)c1ccc([C](c2ccc(C(C)C)cc2)=[Hf+2]([C]2=CC=CC2)[CH]2c3cc(C(C)(C)C)ccc3-c3ccc(C(C)(C)C)cc32)cc1.[Cl-].[Cl-]. The molecule has 0 fully saturated rings. The second-order valence-electron chi connectivity index (χ2n) is 16.2. The molecule has 0 nitrogen and oxygen atoms in total. The van der Waals surface area contributed by atoms with Crippen molar-refractivity contribution in [1.29, 1.82) is 0 Å². The molecule has 0 bridgehead atoms. The third kappa shape index (κ3) is 7.55. The average Bonchev–Trinajstić information content (AvgIpc) is 3.65. The number of halogens is 2. The maximum Gasteiger partial charge on any atom is -1.00 e. The average molecular weight is 842 g/mol. The van der Waals surface area contributed by atoms with Gasteiger partial charge in [0.1, 0.15) is 0 Å². The van der Waals surface area contributed by atoms with Gasteiger partial charge in [-0.3, -0.25) is 0 Å². The fraction of sp³-hybridized carbons (Fsp3) is 0.356. The van der Waals surface area contributed by atoms with Gasteiger partial charge < -0.3 is 24.8 Å². The van der Waals surface area contributed by atoms with Crippen LogP contribution in [0.2, 0.25) is 0 Å². The minimum Gasteiger partial charge on any atom is -1.00 e. The summed E-state index contributed by atoms with van der Waals surface area (Å²) < 4.78 is 3.79. The van der Waals surface area contributed by atoms with E-state index >= 15 is 0 Å². The van der Waals surface area contributed by atoms with E-state index in [1.165, 1.54) is 44.5 Å². The Morgan fingerprint density at radius 3 is 1.35 bits per heavy atom. The van der Waals surface area contributed by atoms with E-state index in [2.05, 4.69) is 172 Å². The number of rotatable bonds is 6. The van der Waals surface area contributed by atoms with Crippen LogP contribution in [0.3, 0.4) is 0 Å². The molecule has 0 saturated heterocycles. The van der Waals surface area contributed by atoms with Gasteiger partial charge in [0, 0.05) is 0 Å². The predicted molar refractivity (Wildman–Crippen MR) is 197 cm³/mol. The molecule has 0 saturated carbocycles. The molecule has 250 valence electrons. The zero-order valence-corrected chi connectivity index (χ0v) is 35.6. The minimum atomic E-state index is -3.01. The number of fused-ring (bicyclic) bond motifs is 3. The van der Waals surface area contributed by atoms with Gasteiger partial charge in [-0.25, -0.2) is 0 Å². The molecule has 48 heavy (non-hydrogen) atoms. The molecular weight excluding hydrogens is 790 g/mol. The molecule has 3 heteroatoms. The molecule has 0 aliphatic heterocycles. The van der Waals surface area contributed by atoms with Crippen LogP contribution in [-0.2, 0) is 31.8 Å². The number of allylic oxidation sites excluding steroid dienone is 4. The summed E-state index contributed by atoms with van der Waals surface area (Å²) in [6, 6.07) is 34.2. The maximum atomic E-state index is 2.60. The Hall–Kier alpha value is -2.32. The molecule has 4 aromatic carbocycles. The molecule has 0 atom stereocenters. The molecule has 2 aliphatic rings. The monoisotopic (exact) mass is 842 g/mol. The van der Waals surface area contributed by atoms with Gasteiger partial charge in [0.15, 0.2) is 0 Å². The molecule has 4 aromatic rings. The van der Waals surface area contributed by atoms with Crippen molar-refractivity contribution in [1.82, 2.24) is 0 Å². The summed E-state index contributed by atoms with van der Waals surface area (Å²) in [5.74, 6) is 1.04. The van der Waals surface area contributed by atoms with Crippen LogP contribution in [0, 0.1) is 0 Å². The van der Waals surface area contributed by atoms with E-state index in [0.717, 1.165) is 6.42 Å². The number of hydrogen-bond acceptors (Lipinski definition) is 0. The van der Waals surface area contributed by atoms with Crippen molar-refractivity contribution in [3.8, 4) is 11.1 Å². The van der Waals surface area contributed by atoms with E-state index < -0.39 is 21.0 Å². The van der Waals surface area contributed by atoms with Gasteiger partial charge >= 0.3 is 288 Å². The second-order valence-corrected chi connectivity index (χ2v) is 25.4. The first kappa shape index (κ1) is 38.5. The largest absolute Gasteiger partial charge is 1.00 e. The summed E-state index contributed by atoms with van der Waals surface area (Å²) in [5.41, 5.74) is 14.8. The van der Waals surface area contributed by atoms with Crippen molar-refractivity contribution in [2.45, 2.75) is 102 Å². The van der Waals surface area contributed by atoms with Crippen molar-refractivity contribution in [2.75, 3.05) is 0 Å². The van der Waals surface area contributed by atoms with Crippen molar-refractivity contribution >= 4 is 3.26 Å². The van der Waals surface area contributed by atoms with E-state index in [-0.39, 0.29) is 35.6 Å². The van der Waals surface area contributed by atoms with E-state index in [9.17, 15) is 0 Å². The Kier molecular flexibility index (Phi) is 11.9. The van der Waals surface area contributed by atoms with Gasteiger partial charge in [0.2, 0.25) is 0 Å². The maximum absolute atomic E-state index is 3.01. The summed E-state index contributed by atoms with van der Waals surface area (Å²) in [5, 5.41) is 0. The molecule has 6 rings (SSSR count). The predicted octanol–water partition coefficient (Wildman–Crippen LogP) is 6.34. The van der Waals surface area contributed by atoms with Gasteiger partial charge in [0.05, 0.1) is 0 Å². The second kappa shape index (κ2) is 14.9. The molecule has 0 radical (unpaired) electrons. The smallest absolute Gasteiger partial charge is 1.00 e. The van der Waals surface area contributed by atoms with Crippen LogP contribution >= 0.6 is 0 Å². The minimum absolute atomic E-state index is 0. The zero-order chi connectivity index (χ0) is 33.0. The topological polar surface area (TPSA) is 0 Å². The molecule has 0 N–H and O–H groups in total. The molecule has 0 heterocycles. The van der Waals surface area contributed by atoms with Crippen LogP contribution in [-0.4, -0.2) is 3.26 Å². The molecular formula is C45H52Cl2Hf.